The highest BCUT2D eigenvalue weighted by molar-refractivity contribution is 7.92. The fraction of sp³-hybridized carbons (Fsp3) is 0.556. The van der Waals surface area contributed by atoms with Gasteiger partial charge in [0.25, 0.3) is 0 Å². The predicted molar refractivity (Wildman–Crippen MR) is 99.5 cm³/mol. The van der Waals surface area contributed by atoms with Gasteiger partial charge in [0.15, 0.2) is 5.78 Å². The standard InChI is InChI=1S/C18H24ClNO4S/c1-12(22)16-7-6-15(10-17(16)19)20-25(23,24)11-14-5-4-13(8-9-21)18(14,2)3/h6-7,9-10,13-14,20H,4-5,8,11H2,1-3H3. The van der Waals surface area contributed by atoms with Gasteiger partial charge in [0, 0.05) is 17.7 Å². The molecule has 7 heteroatoms. The molecule has 0 aliphatic heterocycles. The fourth-order valence-electron chi connectivity index (χ4n) is 3.67. The van der Waals surface area contributed by atoms with Gasteiger partial charge in [0.1, 0.15) is 6.29 Å². The van der Waals surface area contributed by atoms with E-state index in [1.807, 2.05) is 13.8 Å². The van der Waals surface area contributed by atoms with Crippen LogP contribution in [0.5, 0.6) is 0 Å². The number of sulfonamides is 1. The van der Waals surface area contributed by atoms with E-state index in [0.717, 1.165) is 19.1 Å². The number of aldehydes is 1. The molecule has 0 heterocycles. The lowest BCUT2D eigenvalue weighted by molar-refractivity contribution is -0.109. The Bertz CT molecular complexity index is 773. The summed E-state index contributed by atoms with van der Waals surface area (Å²) >= 11 is 6.03. The molecule has 0 aromatic heterocycles. The van der Waals surface area contributed by atoms with Gasteiger partial charge in [-0.2, -0.15) is 0 Å². The largest absolute Gasteiger partial charge is 0.303 e. The van der Waals surface area contributed by atoms with Crippen molar-refractivity contribution < 1.29 is 18.0 Å². The highest BCUT2D eigenvalue weighted by atomic mass is 35.5. The van der Waals surface area contributed by atoms with E-state index in [1.54, 1.807) is 0 Å². The number of anilines is 1. The average Bonchev–Trinajstić information content (AvgIpc) is 2.74. The summed E-state index contributed by atoms with van der Waals surface area (Å²) in [5, 5.41) is 0.222. The van der Waals surface area contributed by atoms with E-state index in [0.29, 0.717) is 17.7 Å². The maximum atomic E-state index is 12.5. The quantitative estimate of drug-likeness (QED) is 0.569. The van der Waals surface area contributed by atoms with E-state index in [1.165, 1.54) is 25.1 Å². The molecule has 25 heavy (non-hydrogen) atoms. The molecule has 0 amide bonds. The Morgan fingerprint density at radius 3 is 2.52 bits per heavy atom. The maximum Gasteiger partial charge on any atom is 0.233 e. The molecule has 2 unspecified atom stereocenters. The number of halogens is 1. The fourth-order valence-corrected chi connectivity index (χ4v) is 5.67. The van der Waals surface area contributed by atoms with Gasteiger partial charge in [-0.3, -0.25) is 9.52 Å². The zero-order valence-electron chi connectivity index (χ0n) is 14.7. The van der Waals surface area contributed by atoms with Crippen LogP contribution in [-0.2, 0) is 14.8 Å². The van der Waals surface area contributed by atoms with Crippen LogP contribution in [0.3, 0.4) is 0 Å². The third-order valence-corrected chi connectivity index (χ3v) is 7.09. The number of carbonyl (C=O) groups excluding carboxylic acids is 2. The zero-order chi connectivity index (χ0) is 18.8. The molecule has 0 bridgehead atoms. The first kappa shape index (κ1) is 19.9. The summed E-state index contributed by atoms with van der Waals surface area (Å²) in [7, 11) is -3.56. The van der Waals surface area contributed by atoms with Gasteiger partial charge in [-0.25, -0.2) is 8.42 Å². The molecule has 5 nitrogen and oxygen atoms in total. The van der Waals surface area contributed by atoms with Crippen molar-refractivity contribution >= 4 is 39.4 Å². The molecule has 2 rings (SSSR count). The summed E-state index contributed by atoms with van der Waals surface area (Å²) < 4.78 is 27.6. The van der Waals surface area contributed by atoms with Crippen LogP contribution < -0.4 is 4.72 Å². The number of ketones is 1. The van der Waals surface area contributed by atoms with Crippen molar-refractivity contribution in [2.75, 3.05) is 10.5 Å². The molecule has 2 atom stereocenters. The number of nitrogens with one attached hydrogen (secondary N) is 1. The van der Waals surface area contributed by atoms with E-state index in [9.17, 15) is 18.0 Å². The molecule has 0 radical (unpaired) electrons. The maximum absolute atomic E-state index is 12.5. The highest BCUT2D eigenvalue weighted by Gasteiger charge is 2.44. The van der Waals surface area contributed by atoms with Crippen LogP contribution in [0.2, 0.25) is 5.02 Å². The number of rotatable bonds is 7. The molecule has 1 aliphatic rings. The van der Waals surface area contributed by atoms with Crippen molar-refractivity contribution in [3.8, 4) is 0 Å². The minimum Gasteiger partial charge on any atom is -0.303 e. The van der Waals surface area contributed by atoms with Gasteiger partial charge < -0.3 is 4.79 Å². The molecule has 1 saturated carbocycles. The van der Waals surface area contributed by atoms with Gasteiger partial charge in [-0.1, -0.05) is 25.4 Å². The molecule has 0 saturated heterocycles. The third-order valence-electron chi connectivity index (χ3n) is 5.39. The Morgan fingerprint density at radius 2 is 1.96 bits per heavy atom. The number of carbonyl (C=O) groups is 2. The number of benzene rings is 1. The smallest absolute Gasteiger partial charge is 0.233 e. The minimum atomic E-state index is -3.56. The second kappa shape index (κ2) is 7.46. The van der Waals surface area contributed by atoms with Gasteiger partial charge in [0.2, 0.25) is 10.0 Å². The van der Waals surface area contributed by atoms with Crippen LogP contribution in [0.4, 0.5) is 5.69 Å². The summed E-state index contributed by atoms with van der Waals surface area (Å²) in [6.45, 7) is 5.47. The van der Waals surface area contributed by atoms with Gasteiger partial charge in [0.05, 0.1) is 10.8 Å². The van der Waals surface area contributed by atoms with E-state index in [-0.39, 0.29) is 33.8 Å². The Kier molecular flexibility index (Phi) is 5.94. The molecule has 1 aromatic carbocycles. The lowest BCUT2D eigenvalue weighted by atomic mass is 9.75. The predicted octanol–water partition coefficient (Wildman–Crippen LogP) is 3.93. The molecular formula is C18H24ClNO4S. The van der Waals surface area contributed by atoms with Crippen molar-refractivity contribution in [1.29, 1.82) is 0 Å². The molecule has 0 spiro atoms. The Balaban J connectivity index is 2.11. The topological polar surface area (TPSA) is 80.3 Å². The van der Waals surface area contributed by atoms with Crippen molar-refractivity contribution in [3.05, 3.63) is 28.8 Å². The minimum absolute atomic E-state index is 0.00142. The van der Waals surface area contributed by atoms with Crippen molar-refractivity contribution in [3.63, 3.8) is 0 Å². The first-order valence-electron chi connectivity index (χ1n) is 8.31. The normalized spacial score (nSPS) is 22.6. The summed E-state index contributed by atoms with van der Waals surface area (Å²) in [6, 6.07) is 4.50. The SMILES string of the molecule is CC(=O)c1ccc(NS(=O)(=O)CC2CCC(CC=O)C2(C)C)cc1Cl. The molecular weight excluding hydrogens is 362 g/mol. The van der Waals surface area contributed by atoms with E-state index >= 15 is 0 Å². The summed E-state index contributed by atoms with van der Waals surface area (Å²) in [4.78, 5) is 22.2. The van der Waals surface area contributed by atoms with Gasteiger partial charge in [-0.15, -0.1) is 0 Å². The van der Waals surface area contributed by atoms with Gasteiger partial charge in [-0.05, 0) is 55.2 Å². The van der Waals surface area contributed by atoms with Crippen LogP contribution in [0.25, 0.3) is 0 Å². The molecule has 1 N–H and O–H groups in total. The van der Waals surface area contributed by atoms with Crippen LogP contribution >= 0.6 is 11.6 Å². The van der Waals surface area contributed by atoms with Crippen molar-refractivity contribution in [2.24, 2.45) is 17.3 Å². The number of hydrogen-bond acceptors (Lipinski definition) is 4. The van der Waals surface area contributed by atoms with Crippen LogP contribution in [0, 0.1) is 17.3 Å². The summed E-state index contributed by atoms with van der Waals surface area (Å²) in [5.74, 6) is 0.0336. The molecule has 1 fully saturated rings. The first-order valence-corrected chi connectivity index (χ1v) is 10.3. The molecule has 1 aromatic rings. The second-order valence-electron chi connectivity index (χ2n) is 7.33. The van der Waals surface area contributed by atoms with E-state index in [2.05, 4.69) is 4.72 Å². The lowest BCUT2D eigenvalue weighted by Gasteiger charge is -2.32. The van der Waals surface area contributed by atoms with Crippen LogP contribution in [0.15, 0.2) is 18.2 Å². The number of hydrogen-bond donors (Lipinski definition) is 1. The second-order valence-corrected chi connectivity index (χ2v) is 9.50. The van der Waals surface area contributed by atoms with Gasteiger partial charge >= 0.3 is 0 Å². The third kappa shape index (κ3) is 4.61. The van der Waals surface area contributed by atoms with Crippen LogP contribution in [-0.4, -0.2) is 26.2 Å². The zero-order valence-corrected chi connectivity index (χ0v) is 16.3. The van der Waals surface area contributed by atoms with E-state index in [4.69, 9.17) is 11.6 Å². The first-order chi connectivity index (χ1) is 11.6. The monoisotopic (exact) mass is 385 g/mol. The molecule has 138 valence electrons. The average molecular weight is 386 g/mol. The number of Topliss-reactive ketones (excluding diaryl/α,β-unsaturated/α-hetero) is 1. The van der Waals surface area contributed by atoms with Crippen molar-refractivity contribution in [2.45, 2.75) is 40.0 Å². The van der Waals surface area contributed by atoms with Crippen LogP contribution in [0.1, 0.15) is 50.4 Å². The van der Waals surface area contributed by atoms with E-state index < -0.39 is 10.0 Å². The molecule has 1 aliphatic carbocycles. The Hall–Kier alpha value is -1.40. The summed E-state index contributed by atoms with van der Waals surface area (Å²) in [5.41, 5.74) is 0.500. The highest BCUT2D eigenvalue weighted by Crippen LogP contribution is 2.49. The lowest BCUT2D eigenvalue weighted by Crippen LogP contribution is -2.32. The van der Waals surface area contributed by atoms with Crippen molar-refractivity contribution in [1.82, 2.24) is 0 Å². The Morgan fingerprint density at radius 1 is 1.32 bits per heavy atom. The summed E-state index contributed by atoms with van der Waals surface area (Å²) in [6.07, 6.45) is 3.04. The Labute approximate surface area is 154 Å².